The highest BCUT2D eigenvalue weighted by atomic mass is 16.5. The standard InChI is InChI=1S/C13H12NO/c1-11(12-6-3-2-4-7-12)15-13-8-5-9-14-10-13/h2-4,6-11H,1H3/t11-/m1/s1. The summed E-state index contributed by atoms with van der Waals surface area (Å²) in [5.74, 6) is 0.744. The number of ether oxygens (including phenoxy) is 1. The monoisotopic (exact) mass is 198 g/mol. The molecule has 1 heterocycles. The summed E-state index contributed by atoms with van der Waals surface area (Å²) in [4.78, 5) is 3.95. The Morgan fingerprint density at radius 2 is 2.07 bits per heavy atom. The van der Waals surface area contributed by atoms with E-state index in [1.54, 1.807) is 18.5 Å². The van der Waals surface area contributed by atoms with Crippen LogP contribution in [0.25, 0.3) is 0 Å². The maximum absolute atomic E-state index is 5.71. The Hall–Kier alpha value is -1.83. The molecule has 0 aliphatic heterocycles. The Balaban J connectivity index is 2.08. The van der Waals surface area contributed by atoms with Crippen molar-refractivity contribution in [3.63, 3.8) is 0 Å². The van der Waals surface area contributed by atoms with Crippen LogP contribution in [0.1, 0.15) is 18.6 Å². The molecule has 0 saturated carbocycles. The molecule has 0 saturated heterocycles. The van der Waals surface area contributed by atoms with Gasteiger partial charge in [-0.15, -0.1) is 0 Å². The Labute approximate surface area is 89.6 Å². The minimum absolute atomic E-state index is 0.0313. The Morgan fingerprint density at radius 3 is 2.73 bits per heavy atom. The van der Waals surface area contributed by atoms with E-state index in [0.717, 1.165) is 11.3 Å². The largest absolute Gasteiger partial charge is 0.484 e. The zero-order chi connectivity index (χ0) is 10.5. The Kier molecular flexibility index (Phi) is 2.98. The molecule has 0 aliphatic rings. The van der Waals surface area contributed by atoms with E-state index < -0.39 is 0 Å². The van der Waals surface area contributed by atoms with Gasteiger partial charge in [-0.1, -0.05) is 30.3 Å². The molecule has 2 heteroatoms. The minimum atomic E-state index is 0.0313. The first kappa shape index (κ1) is 9.71. The lowest BCUT2D eigenvalue weighted by molar-refractivity contribution is 0.226. The van der Waals surface area contributed by atoms with Crippen molar-refractivity contribution in [3.8, 4) is 5.75 Å². The normalized spacial score (nSPS) is 12.1. The number of rotatable bonds is 3. The van der Waals surface area contributed by atoms with Gasteiger partial charge in [0.25, 0.3) is 0 Å². The quantitative estimate of drug-likeness (QED) is 0.756. The third-order valence-corrected chi connectivity index (χ3v) is 2.16. The van der Waals surface area contributed by atoms with Crippen molar-refractivity contribution in [1.29, 1.82) is 0 Å². The van der Waals surface area contributed by atoms with Crippen molar-refractivity contribution >= 4 is 0 Å². The van der Waals surface area contributed by atoms with E-state index >= 15 is 0 Å². The van der Waals surface area contributed by atoms with Crippen molar-refractivity contribution < 1.29 is 4.74 Å². The van der Waals surface area contributed by atoms with Crippen LogP contribution in [0.15, 0.2) is 48.8 Å². The lowest BCUT2D eigenvalue weighted by Crippen LogP contribution is -2.02. The third kappa shape index (κ3) is 2.56. The number of hydrogen-bond donors (Lipinski definition) is 0. The van der Waals surface area contributed by atoms with Gasteiger partial charge in [-0.25, -0.2) is 0 Å². The summed E-state index contributed by atoms with van der Waals surface area (Å²) in [7, 11) is 0. The molecule has 0 bridgehead atoms. The molecule has 2 nitrogen and oxygen atoms in total. The van der Waals surface area contributed by atoms with Gasteiger partial charge in [0.15, 0.2) is 0 Å². The van der Waals surface area contributed by atoms with Crippen molar-refractivity contribution in [2.75, 3.05) is 0 Å². The molecule has 0 N–H and O–H groups in total. The molecule has 0 unspecified atom stereocenters. The first-order valence-electron chi connectivity index (χ1n) is 4.89. The number of pyridine rings is 1. The number of nitrogens with zero attached hydrogens (tertiary/aromatic N) is 1. The van der Waals surface area contributed by atoms with E-state index in [1.807, 2.05) is 37.3 Å². The second-order valence-corrected chi connectivity index (χ2v) is 3.29. The molecular formula is C13H12NO. The van der Waals surface area contributed by atoms with Gasteiger partial charge in [-0.05, 0) is 18.6 Å². The maximum Gasteiger partial charge on any atom is 0.139 e. The van der Waals surface area contributed by atoms with Gasteiger partial charge in [0, 0.05) is 12.3 Å². The molecule has 1 atom stereocenters. The van der Waals surface area contributed by atoms with Crippen LogP contribution in [0.5, 0.6) is 5.75 Å². The third-order valence-electron chi connectivity index (χ3n) is 2.16. The fourth-order valence-corrected chi connectivity index (χ4v) is 1.37. The molecule has 75 valence electrons. The van der Waals surface area contributed by atoms with Gasteiger partial charge in [-0.3, -0.25) is 4.98 Å². The van der Waals surface area contributed by atoms with Crippen molar-refractivity contribution in [2.24, 2.45) is 0 Å². The van der Waals surface area contributed by atoms with E-state index in [2.05, 4.69) is 11.1 Å². The van der Waals surface area contributed by atoms with Crippen molar-refractivity contribution in [2.45, 2.75) is 13.0 Å². The molecule has 0 aliphatic carbocycles. The zero-order valence-electron chi connectivity index (χ0n) is 8.55. The number of benzene rings is 1. The van der Waals surface area contributed by atoms with Gasteiger partial charge in [0.2, 0.25) is 0 Å². The van der Waals surface area contributed by atoms with Crippen LogP contribution in [0.2, 0.25) is 0 Å². The second-order valence-electron chi connectivity index (χ2n) is 3.29. The van der Waals surface area contributed by atoms with Crippen molar-refractivity contribution in [3.05, 3.63) is 60.4 Å². The van der Waals surface area contributed by atoms with E-state index in [1.165, 1.54) is 0 Å². The van der Waals surface area contributed by atoms with Gasteiger partial charge < -0.3 is 4.74 Å². The van der Waals surface area contributed by atoms with Gasteiger partial charge in [-0.2, -0.15) is 0 Å². The van der Waals surface area contributed by atoms with E-state index in [9.17, 15) is 0 Å². The lowest BCUT2D eigenvalue weighted by Gasteiger charge is -2.14. The predicted molar refractivity (Wildman–Crippen MR) is 58.6 cm³/mol. The van der Waals surface area contributed by atoms with Crippen LogP contribution < -0.4 is 4.74 Å². The molecule has 15 heavy (non-hydrogen) atoms. The van der Waals surface area contributed by atoms with Crippen LogP contribution in [0.4, 0.5) is 0 Å². The lowest BCUT2D eigenvalue weighted by atomic mass is 10.1. The summed E-state index contributed by atoms with van der Waals surface area (Å²) in [5, 5.41) is 0. The summed E-state index contributed by atoms with van der Waals surface area (Å²) < 4.78 is 5.71. The SMILES string of the molecule is C[C@@H](Oc1c[c]cnc1)c1ccccc1. The van der Waals surface area contributed by atoms with Crippen LogP contribution in [0.3, 0.4) is 0 Å². The highest BCUT2D eigenvalue weighted by Crippen LogP contribution is 2.19. The summed E-state index contributed by atoms with van der Waals surface area (Å²) in [5.41, 5.74) is 1.15. The molecule has 1 radical (unpaired) electrons. The van der Waals surface area contributed by atoms with E-state index in [0.29, 0.717) is 0 Å². The summed E-state index contributed by atoms with van der Waals surface area (Å²) in [6.07, 6.45) is 3.33. The maximum atomic E-state index is 5.71. The molecule has 2 rings (SSSR count). The minimum Gasteiger partial charge on any atom is -0.484 e. The van der Waals surface area contributed by atoms with E-state index in [4.69, 9.17) is 4.74 Å². The molecule has 0 amide bonds. The highest BCUT2D eigenvalue weighted by molar-refractivity contribution is 5.20. The van der Waals surface area contributed by atoms with Crippen LogP contribution >= 0.6 is 0 Å². The fraction of sp³-hybridized carbons (Fsp3) is 0.154. The summed E-state index contributed by atoms with van der Waals surface area (Å²) in [6.45, 7) is 2.02. The second kappa shape index (κ2) is 4.60. The smallest absolute Gasteiger partial charge is 0.139 e. The molecule has 0 spiro atoms. The van der Waals surface area contributed by atoms with Gasteiger partial charge in [0.1, 0.15) is 11.9 Å². The number of hydrogen-bond acceptors (Lipinski definition) is 2. The van der Waals surface area contributed by atoms with Crippen LogP contribution in [-0.2, 0) is 0 Å². The fourth-order valence-electron chi connectivity index (χ4n) is 1.37. The topological polar surface area (TPSA) is 22.1 Å². The van der Waals surface area contributed by atoms with Crippen LogP contribution in [0, 0.1) is 6.07 Å². The molecule has 1 aromatic carbocycles. The molecule has 0 fully saturated rings. The summed E-state index contributed by atoms with van der Waals surface area (Å²) in [6, 6.07) is 14.8. The Morgan fingerprint density at radius 1 is 1.27 bits per heavy atom. The van der Waals surface area contributed by atoms with E-state index in [-0.39, 0.29) is 6.10 Å². The molecular weight excluding hydrogens is 186 g/mol. The average molecular weight is 198 g/mol. The number of aromatic nitrogens is 1. The average Bonchev–Trinajstić information content (AvgIpc) is 2.31. The first-order valence-corrected chi connectivity index (χ1v) is 4.89. The molecule has 1 aromatic heterocycles. The van der Waals surface area contributed by atoms with Gasteiger partial charge in [0.05, 0.1) is 6.20 Å². The van der Waals surface area contributed by atoms with Crippen molar-refractivity contribution in [1.82, 2.24) is 4.98 Å². The van der Waals surface area contributed by atoms with Crippen LogP contribution in [-0.4, -0.2) is 4.98 Å². The summed E-state index contributed by atoms with van der Waals surface area (Å²) >= 11 is 0. The highest BCUT2D eigenvalue weighted by Gasteiger charge is 2.05. The Bertz CT molecular complexity index is 399. The first-order chi connectivity index (χ1) is 7.36. The zero-order valence-corrected chi connectivity index (χ0v) is 8.55. The van der Waals surface area contributed by atoms with Gasteiger partial charge >= 0.3 is 0 Å². The predicted octanol–water partition coefficient (Wildman–Crippen LogP) is 3.02. The molecule has 2 aromatic rings.